The summed E-state index contributed by atoms with van der Waals surface area (Å²) in [6.07, 6.45) is 6.49. The average Bonchev–Trinajstić information content (AvgIpc) is 3.02. The van der Waals surface area contributed by atoms with Crippen LogP contribution < -0.4 is 0 Å². The maximum atomic E-state index is 13.6. The SMILES string of the molecule is Cc1cc(F)cc(Cc2ccc3c(c2)C(/C=C/c2ccccn2)=NC3)c1. The molecule has 3 aromatic rings. The predicted molar refractivity (Wildman–Crippen MR) is 104 cm³/mol. The van der Waals surface area contributed by atoms with Crippen LogP contribution in [0.5, 0.6) is 0 Å². The van der Waals surface area contributed by atoms with Crippen molar-refractivity contribution in [3.63, 3.8) is 0 Å². The van der Waals surface area contributed by atoms with E-state index in [2.05, 4.69) is 28.2 Å². The standard InChI is InChI=1S/C23H19FN2/c1-16-10-18(13-20(24)11-16)12-17-5-6-19-15-26-23(22(19)14-17)8-7-21-4-2-3-9-25-21/h2-11,13-14H,12,15H2,1H3/b8-7+. The highest BCUT2D eigenvalue weighted by molar-refractivity contribution is 6.13. The molecule has 0 unspecified atom stereocenters. The van der Waals surface area contributed by atoms with Crippen LogP contribution in [0.25, 0.3) is 6.08 Å². The monoisotopic (exact) mass is 342 g/mol. The zero-order chi connectivity index (χ0) is 17.9. The second kappa shape index (κ2) is 7.04. The number of fused-ring (bicyclic) bond motifs is 1. The van der Waals surface area contributed by atoms with Gasteiger partial charge in [0.2, 0.25) is 0 Å². The minimum atomic E-state index is -0.179. The summed E-state index contributed by atoms with van der Waals surface area (Å²) in [7, 11) is 0. The van der Waals surface area contributed by atoms with Crippen LogP contribution in [0.3, 0.4) is 0 Å². The molecule has 4 rings (SSSR count). The summed E-state index contributed by atoms with van der Waals surface area (Å²) in [5.41, 5.74) is 7.37. The Balaban J connectivity index is 1.58. The van der Waals surface area contributed by atoms with Crippen LogP contribution in [0.2, 0.25) is 0 Å². The van der Waals surface area contributed by atoms with E-state index in [1.807, 2.05) is 43.3 Å². The van der Waals surface area contributed by atoms with E-state index >= 15 is 0 Å². The van der Waals surface area contributed by atoms with E-state index in [-0.39, 0.29) is 5.82 Å². The second-order valence-corrected chi connectivity index (χ2v) is 6.59. The van der Waals surface area contributed by atoms with Gasteiger partial charge in [0, 0.05) is 11.8 Å². The first kappa shape index (κ1) is 16.4. The van der Waals surface area contributed by atoms with Gasteiger partial charge >= 0.3 is 0 Å². The lowest BCUT2D eigenvalue weighted by molar-refractivity contribution is 0.624. The lowest BCUT2D eigenvalue weighted by Crippen LogP contribution is -1.98. The maximum absolute atomic E-state index is 13.6. The Kier molecular flexibility index (Phi) is 4.44. The van der Waals surface area contributed by atoms with E-state index in [9.17, 15) is 4.39 Å². The fourth-order valence-electron chi connectivity index (χ4n) is 3.30. The predicted octanol–water partition coefficient (Wildman–Crippen LogP) is 5.14. The summed E-state index contributed by atoms with van der Waals surface area (Å²) in [5, 5.41) is 0. The van der Waals surface area contributed by atoms with Crippen molar-refractivity contribution in [1.82, 2.24) is 4.98 Å². The second-order valence-electron chi connectivity index (χ2n) is 6.59. The lowest BCUT2D eigenvalue weighted by atomic mass is 9.97. The Labute approximate surface area is 152 Å². The Morgan fingerprint density at radius 3 is 2.73 bits per heavy atom. The highest BCUT2D eigenvalue weighted by atomic mass is 19.1. The maximum Gasteiger partial charge on any atom is 0.123 e. The van der Waals surface area contributed by atoms with Crippen LogP contribution in [0.4, 0.5) is 4.39 Å². The number of halogens is 1. The number of pyridine rings is 1. The average molecular weight is 342 g/mol. The van der Waals surface area contributed by atoms with Gasteiger partial charge in [0.1, 0.15) is 5.82 Å². The lowest BCUT2D eigenvalue weighted by Gasteiger charge is -2.07. The molecule has 1 aliphatic heterocycles. The molecule has 128 valence electrons. The number of hydrogen-bond donors (Lipinski definition) is 0. The quantitative estimate of drug-likeness (QED) is 0.645. The molecule has 0 spiro atoms. The van der Waals surface area contributed by atoms with E-state index < -0.39 is 0 Å². The van der Waals surface area contributed by atoms with E-state index in [1.54, 1.807) is 18.3 Å². The van der Waals surface area contributed by atoms with Gasteiger partial charge in [-0.3, -0.25) is 9.98 Å². The third kappa shape index (κ3) is 3.62. The zero-order valence-electron chi connectivity index (χ0n) is 14.6. The minimum Gasteiger partial charge on any atom is -0.280 e. The van der Waals surface area contributed by atoms with E-state index in [1.165, 1.54) is 5.56 Å². The van der Waals surface area contributed by atoms with Gasteiger partial charge in [-0.15, -0.1) is 0 Å². The molecule has 0 atom stereocenters. The number of allylic oxidation sites excluding steroid dienone is 1. The summed E-state index contributed by atoms with van der Waals surface area (Å²) >= 11 is 0. The van der Waals surface area contributed by atoms with Gasteiger partial charge in [0.15, 0.2) is 0 Å². The summed E-state index contributed by atoms with van der Waals surface area (Å²) < 4.78 is 13.6. The van der Waals surface area contributed by atoms with Crippen LogP contribution in [-0.2, 0) is 13.0 Å². The van der Waals surface area contributed by atoms with Crippen LogP contribution in [0.15, 0.2) is 71.9 Å². The number of aromatic nitrogens is 1. The van der Waals surface area contributed by atoms with Crippen LogP contribution in [0, 0.1) is 12.7 Å². The normalized spacial score (nSPS) is 13.1. The molecular formula is C23H19FN2. The van der Waals surface area contributed by atoms with Gasteiger partial charge in [-0.1, -0.05) is 24.3 Å². The third-order valence-corrected chi connectivity index (χ3v) is 4.48. The van der Waals surface area contributed by atoms with Gasteiger partial charge in [0.05, 0.1) is 18.0 Å². The summed E-state index contributed by atoms with van der Waals surface area (Å²) in [6, 6.07) is 17.4. The number of rotatable bonds is 4. The van der Waals surface area contributed by atoms with Crippen molar-refractivity contribution in [2.24, 2.45) is 4.99 Å². The number of aryl methyl sites for hydroxylation is 1. The first-order valence-electron chi connectivity index (χ1n) is 8.69. The summed E-state index contributed by atoms with van der Waals surface area (Å²) in [4.78, 5) is 8.95. The molecule has 0 amide bonds. The molecule has 2 nitrogen and oxygen atoms in total. The highest BCUT2D eigenvalue weighted by Crippen LogP contribution is 2.23. The summed E-state index contributed by atoms with van der Waals surface area (Å²) in [5.74, 6) is -0.179. The molecule has 2 heterocycles. The molecule has 0 aliphatic carbocycles. The molecule has 1 aromatic heterocycles. The summed E-state index contributed by atoms with van der Waals surface area (Å²) in [6.45, 7) is 2.62. The molecule has 1 aliphatic rings. The van der Waals surface area contributed by atoms with Crippen molar-refractivity contribution in [1.29, 1.82) is 0 Å². The number of aliphatic imine (C=N–C) groups is 1. The Hall–Kier alpha value is -3.07. The molecule has 0 N–H and O–H groups in total. The molecular weight excluding hydrogens is 323 g/mol. The molecule has 3 heteroatoms. The zero-order valence-corrected chi connectivity index (χ0v) is 14.6. The largest absolute Gasteiger partial charge is 0.280 e. The molecule has 0 bridgehead atoms. The van der Waals surface area contributed by atoms with Crippen molar-refractivity contribution >= 4 is 11.8 Å². The Morgan fingerprint density at radius 1 is 1.00 bits per heavy atom. The molecule has 0 fully saturated rings. The number of hydrogen-bond acceptors (Lipinski definition) is 2. The minimum absolute atomic E-state index is 0.179. The molecule has 0 saturated heterocycles. The van der Waals surface area contributed by atoms with Crippen molar-refractivity contribution in [3.8, 4) is 0 Å². The van der Waals surface area contributed by atoms with Crippen LogP contribution in [-0.4, -0.2) is 10.7 Å². The van der Waals surface area contributed by atoms with Crippen molar-refractivity contribution < 1.29 is 4.39 Å². The number of benzene rings is 2. The Bertz CT molecular complexity index is 984. The molecule has 0 saturated carbocycles. The van der Waals surface area contributed by atoms with Gasteiger partial charge in [-0.2, -0.15) is 0 Å². The van der Waals surface area contributed by atoms with Gasteiger partial charge in [-0.05, 0) is 78.1 Å². The van der Waals surface area contributed by atoms with E-state index in [4.69, 9.17) is 0 Å². The van der Waals surface area contributed by atoms with E-state index in [0.29, 0.717) is 13.0 Å². The molecule has 2 aromatic carbocycles. The fourth-order valence-corrected chi connectivity index (χ4v) is 3.30. The first-order valence-corrected chi connectivity index (χ1v) is 8.69. The van der Waals surface area contributed by atoms with Gasteiger partial charge in [-0.25, -0.2) is 4.39 Å². The van der Waals surface area contributed by atoms with Crippen LogP contribution in [0.1, 0.15) is 33.5 Å². The number of nitrogens with zero attached hydrogens (tertiary/aromatic N) is 2. The highest BCUT2D eigenvalue weighted by Gasteiger charge is 2.14. The van der Waals surface area contributed by atoms with Crippen LogP contribution >= 0.6 is 0 Å². The Morgan fingerprint density at radius 2 is 1.92 bits per heavy atom. The molecule has 26 heavy (non-hydrogen) atoms. The third-order valence-electron chi connectivity index (χ3n) is 4.48. The van der Waals surface area contributed by atoms with E-state index in [0.717, 1.165) is 33.7 Å². The molecule has 0 radical (unpaired) electrons. The van der Waals surface area contributed by atoms with Gasteiger partial charge < -0.3 is 0 Å². The fraction of sp³-hybridized carbons (Fsp3) is 0.130. The first-order chi connectivity index (χ1) is 12.7. The van der Waals surface area contributed by atoms with Crippen molar-refractivity contribution in [3.05, 3.63) is 106 Å². The smallest absolute Gasteiger partial charge is 0.123 e. The van der Waals surface area contributed by atoms with Gasteiger partial charge in [0.25, 0.3) is 0 Å². The topological polar surface area (TPSA) is 25.2 Å². The van der Waals surface area contributed by atoms with Crippen molar-refractivity contribution in [2.45, 2.75) is 19.9 Å². The van der Waals surface area contributed by atoms with Crippen molar-refractivity contribution in [2.75, 3.05) is 0 Å².